The molecule has 1 fully saturated rings. The molecule has 0 spiro atoms. The van der Waals surface area contributed by atoms with Gasteiger partial charge in [0.2, 0.25) is 0 Å². The molecule has 0 saturated carbocycles. The minimum Gasteiger partial charge on any atom is -0.481 e. The molecule has 5 heteroatoms. The van der Waals surface area contributed by atoms with Crippen molar-refractivity contribution in [2.45, 2.75) is 39.2 Å². The minimum atomic E-state index is -0.894. The first kappa shape index (κ1) is 12.8. The first-order chi connectivity index (χ1) is 7.33. The van der Waals surface area contributed by atoms with E-state index in [0.717, 1.165) is 13.0 Å². The highest BCUT2D eigenvalue weighted by atomic mass is 16.4. The van der Waals surface area contributed by atoms with Crippen LogP contribution in [0.5, 0.6) is 0 Å². The summed E-state index contributed by atoms with van der Waals surface area (Å²) in [5.74, 6) is -0.394. The van der Waals surface area contributed by atoms with Crippen molar-refractivity contribution in [3.05, 3.63) is 0 Å². The number of likely N-dealkylation sites (tertiary alicyclic amines) is 1. The lowest BCUT2D eigenvalue weighted by Gasteiger charge is -2.31. The zero-order chi connectivity index (χ0) is 12.3. The third kappa shape index (κ3) is 3.12. The second-order valence-corrected chi connectivity index (χ2v) is 5.11. The number of nitrogens with zero attached hydrogens (tertiary/aromatic N) is 1. The molecular formula is C11H20N2O3. The van der Waals surface area contributed by atoms with E-state index in [2.05, 4.69) is 12.2 Å². The van der Waals surface area contributed by atoms with Gasteiger partial charge in [0.25, 0.3) is 0 Å². The number of amides is 2. The van der Waals surface area contributed by atoms with E-state index < -0.39 is 5.97 Å². The van der Waals surface area contributed by atoms with E-state index in [4.69, 9.17) is 5.11 Å². The Hall–Kier alpha value is -1.26. The van der Waals surface area contributed by atoms with Crippen LogP contribution in [-0.2, 0) is 4.79 Å². The highest BCUT2D eigenvalue weighted by molar-refractivity contribution is 5.76. The van der Waals surface area contributed by atoms with Crippen molar-refractivity contribution in [2.75, 3.05) is 13.1 Å². The molecule has 5 nitrogen and oxygen atoms in total. The predicted octanol–water partition coefficient (Wildman–Crippen LogP) is 1.29. The predicted molar refractivity (Wildman–Crippen MR) is 60.2 cm³/mol. The fourth-order valence-corrected chi connectivity index (χ4v) is 2.32. The Kier molecular flexibility index (Phi) is 3.78. The van der Waals surface area contributed by atoms with Crippen LogP contribution in [-0.4, -0.2) is 40.6 Å². The highest BCUT2D eigenvalue weighted by Gasteiger charge is 2.39. The van der Waals surface area contributed by atoms with Crippen LogP contribution in [0.3, 0.4) is 0 Å². The minimum absolute atomic E-state index is 0.0322. The molecule has 1 saturated heterocycles. The summed E-state index contributed by atoms with van der Waals surface area (Å²) >= 11 is 0. The van der Waals surface area contributed by atoms with Gasteiger partial charge in [0.05, 0.1) is 6.42 Å². The van der Waals surface area contributed by atoms with Gasteiger partial charge in [-0.1, -0.05) is 6.92 Å². The summed E-state index contributed by atoms with van der Waals surface area (Å²) in [6.07, 6.45) is 0.953. The topological polar surface area (TPSA) is 69.6 Å². The van der Waals surface area contributed by atoms with Crippen molar-refractivity contribution < 1.29 is 14.7 Å². The van der Waals surface area contributed by atoms with Crippen molar-refractivity contribution >= 4 is 12.0 Å². The average molecular weight is 228 g/mol. The number of carbonyl (C=O) groups excluding carboxylic acids is 1. The Balaban J connectivity index is 2.45. The lowest BCUT2D eigenvalue weighted by Crippen LogP contribution is -2.48. The van der Waals surface area contributed by atoms with Gasteiger partial charge in [-0.2, -0.15) is 0 Å². The summed E-state index contributed by atoms with van der Waals surface area (Å²) in [7, 11) is 0. The molecule has 0 aromatic rings. The van der Waals surface area contributed by atoms with Crippen molar-refractivity contribution in [3.63, 3.8) is 0 Å². The molecule has 0 aromatic carbocycles. The van der Waals surface area contributed by atoms with E-state index in [9.17, 15) is 9.59 Å². The maximum atomic E-state index is 11.8. The van der Waals surface area contributed by atoms with Crippen LogP contribution in [0.2, 0.25) is 0 Å². The normalized spacial score (nSPS) is 23.2. The third-order valence-corrected chi connectivity index (χ3v) is 2.93. The van der Waals surface area contributed by atoms with Gasteiger partial charge < -0.3 is 15.3 Å². The summed E-state index contributed by atoms with van der Waals surface area (Å²) < 4.78 is 0. The molecule has 1 aliphatic rings. The number of nitrogens with one attached hydrogen (secondary N) is 1. The number of aliphatic carboxylic acids is 1. The Morgan fingerprint density at radius 2 is 2.12 bits per heavy atom. The van der Waals surface area contributed by atoms with Crippen molar-refractivity contribution in [1.29, 1.82) is 0 Å². The smallest absolute Gasteiger partial charge is 0.317 e. The van der Waals surface area contributed by atoms with E-state index in [-0.39, 0.29) is 24.5 Å². The van der Waals surface area contributed by atoms with E-state index in [1.807, 2.05) is 13.8 Å². The molecule has 16 heavy (non-hydrogen) atoms. The van der Waals surface area contributed by atoms with Crippen LogP contribution in [0.15, 0.2) is 0 Å². The van der Waals surface area contributed by atoms with Crippen molar-refractivity contribution in [3.8, 4) is 0 Å². The van der Waals surface area contributed by atoms with Gasteiger partial charge in [0.1, 0.15) is 0 Å². The molecule has 1 atom stereocenters. The molecule has 1 aliphatic heterocycles. The van der Waals surface area contributed by atoms with Gasteiger partial charge in [-0.05, 0) is 26.2 Å². The molecule has 2 N–H and O–H groups in total. The number of rotatable bonds is 3. The quantitative estimate of drug-likeness (QED) is 0.764. The van der Waals surface area contributed by atoms with Crippen LogP contribution >= 0.6 is 0 Å². The van der Waals surface area contributed by atoms with Gasteiger partial charge in [-0.25, -0.2) is 4.79 Å². The maximum Gasteiger partial charge on any atom is 0.317 e. The molecular weight excluding hydrogens is 208 g/mol. The standard InChI is InChI=1S/C11H20N2O3/c1-8-6-11(2,3)13(7-8)10(16)12-5-4-9(14)15/h8H,4-7H2,1-3H3,(H,12,16)(H,14,15). The van der Waals surface area contributed by atoms with Gasteiger partial charge in [0, 0.05) is 18.6 Å². The molecule has 2 amide bonds. The van der Waals surface area contributed by atoms with E-state index in [0.29, 0.717) is 5.92 Å². The average Bonchev–Trinajstić information content (AvgIpc) is 2.38. The summed E-state index contributed by atoms with van der Waals surface area (Å²) in [5.41, 5.74) is -0.132. The molecule has 0 aliphatic carbocycles. The van der Waals surface area contributed by atoms with Gasteiger partial charge in [-0.15, -0.1) is 0 Å². The number of hydrogen-bond donors (Lipinski definition) is 2. The molecule has 0 radical (unpaired) electrons. The van der Waals surface area contributed by atoms with E-state index in [1.165, 1.54) is 0 Å². The monoisotopic (exact) mass is 228 g/mol. The third-order valence-electron chi connectivity index (χ3n) is 2.93. The highest BCUT2D eigenvalue weighted by Crippen LogP contribution is 2.31. The number of carbonyl (C=O) groups is 2. The van der Waals surface area contributed by atoms with Crippen molar-refractivity contribution in [1.82, 2.24) is 10.2 Å². The number of hydrogen-bond acceptors (Lipinski definition) is 2. The fraction of sp³-hybridized carbons (Fsp3) is 0.818. The molecule has 0 bridgehead atoms. The van der Waals surface area contributed by atoms with Crippen LogP contribution < -0.4 is 5.32 Å². The number of urea groups is 1. The SMILES string of the molecule is CC1CN(C(=O)NCCC(=O)O)C(C)(C)C1. The molecule has 1 unspecified atom stereocenters. The first-order valence-corrected chi connectivity index (χ1v) is 5.60. The van der Waals surface area contributed by atoms with Gasteiger partial charge in [-0.3, -0.25) is 4.79 Å². The summed E-state index contributed by atoms with van der Waals surface area (Å²) in [6, 6.07) is -0.157. The Morgan fingerprint density at radius 3 is 2.56 bits per heavy atom. The lowest BCUT2D eigenvalue weighted by molar-refractivity contribution is -0.136. The zero-order valence-corrected chi connectivity index (χ0v) is 10.1. The Morgan fingerprint density at radius 1 is 1.50 bits per heavy atom. The Labute approximate surface area is 95.8 Å². The van der Waals surface area contributed by atoms with Crippen LogP contribution in [0, 0.1) is 5.92 Å². The zero-order valence-electron chi connectivity index (χ0n) is 10.1. The maximum absolute atomic E-state index is 11.8. The molecule has 1 rings (SSSR count). The Bertz CT molecular complexity index is 289. The van der Waals surface area contributed by atoms with Crippen LogP contribution in [0.25, 0.3) is 0 Å². The summed E-state index contributed by atoms with van der Waals surface area (Å²) in [6.45, 7) is 7.12. The van der Waals surface area contributed by atoms with Gasteiger partial charge >= 0.3 is 12.0 Å². The fourth-order valence-electron chi connectivity index (χ4n) is 2.32. The largest absolute Gasteiger partial charge is 0.481 e. The van der Waals surface area contributed by atoms with Gasteiger partial charge in [0.15, 0.2) is 0 Å². The second-order valence-electron chi connectivity index (χ2n) is 5.11. The number of carboxylic acids is 1. The van der Waals surface area contributed by atoms with E-state index >= 15 is 0 Å². The van der Waals surface area contributed by atoms with Crippen LogP contribution in [0.1, 0.15) is 33.6 Å². The first-order valence-electron chi connectivity index (χ1n) is 5.60. The summed E-state index contributed by atoms with van der Waals surface area (Å²) in [5, 5.41) is 11.1. The lowest BCUT2D eigenvalue weighted by atomic mass is 9.98. The van der Waals surface area contributed by atoms with Crippen LogP contribution in [0.4, 0.5) is 4.79 Å². The van der Waals surface area contributed by atoms with E-state index in [1.54, 1.807) is 4.90 Å². The van der Waals surface area contributed by atoms with Crippen molar-refractivity contribution in [2.24, 2.45) is 5.92 Å². The molecule has 92 valence electrons. The molecule has 1 heterocycles. The second kappa shape index (κ2) is 4.72. The summed E-state index contributed by atoms with van der Waals surface area (Å²) in [4.78, 5) is 23.9. The molecule has 0 aromatic heterocycles. The number of carboxylic acid groups (broad SMARTS) is 1.